The van der Waals surface area contributed by atoms with Crippen molar-refractivity contribution in [3.8, 4) is 11.5 Å². The second kappa shape index (κ2) is 14.3. The number of hydrogen-bond donors (Lipinski definition) is 4. The zero-order chi connectivity index (χ0) is 25.8. The number of hydrogen-bond acceptors (Lipinski definition) is 9. The largest absolute Gasteiger partial charge is 0.504 e. The van der Waals surface area contributed by atoms with E-state index in [1.807, 2.05) is 12.1 Å². The third-order valence-electron chi connectivity index (χ3n) is 6.64. The molecular weight excluding hydrogens is 452 g/mol. The van der Waals surface area contributed by atoms with Crippen LogP contribution in [0.15, 0.2) is 18.2 Å². The molecule has 4 N–H and O–H groups in total. The van der Waals surface area contributed by atoms with E-state index in [1.54, 1.807) is 20.0 Å². The summed E-state index contributed by atoms with van der Waals surface area (Å²) in [7, 11) is 3.20. The Labute approximate surface area is 208 Å². The molecule has 1 fully saturated rings. The highest BCUT2D eigenvalue weighted by Crippen LogP contribution is 2.42. The first kappa shape index (κ1) is 28.9. The summed E-state index contributed by atoms with van der Waals surface area (Å²) >= 11 is 0. The number of esters is 2. The second-order valence-corrected chi connectivity index (χ2v) is 9.55. The fourth-order valence-corrected chi connectivity index (χ4v) is 4.88. The molecule has 3 atom stereocenters. The molecule has 1 aromatic rings. The molecule has 0 aromatic heterocycles. The van der Waals surface area contributed by atoms with Gasteiger partial charge in [0.25, 0.3) is 0 Å². The van der Waals surface area contributed by atoms with E-state index in [1.165, 1.54) is 14.0 Å². The van der Waals surface area contributed by atoms with Crippen molar-refractivity contribution >= 4 is 11.9 Å². The Morgan fingerprint density at radius 1 is 1.20 bits per heavy atom. The molecule has 0 radical (unpaired) electrons. The number of benzene rings is 1. The summed E-state index contributed by atoms with van der Waals surface area (Å²) in [6, 6.07) is 5.29. The van der Waals surface area contributed by atoms with Crippen molar-refractivity contribution in [2.45, 2.75) is 77.1 Å². The number of phenolic OH excluding ortho intramolecular Hbond substituents is 1. The maximum atomic E-state index is 12.6. The average molecular weight is 495 g/mol. The maximum absolute atomic E-state index is 12.6. The molecule has 1 aromatic carbocycles. The van der Waals surface area contributed by atoms with E-state index in [0.29, 0.717) is 37.9 Å². The lowest BCUT2D eigenvalue weighted by Gasteiger charge is -2.44. The van der Waals surface area contributed by atoms with Gasteiger partial charge in [0.05, 0.1) is 19.8 Å². The summed E-state index contributed by atoms with van der Waals surface area (Å²) in [4.78, 5) is 24.5. The normalized spacial score (nSPS) is 17.7. The highest BCUT2D eigenvalue weighted by Gasteiger charge is 2.44. The van der Waals surface area contributed by atoms with Crippen molar-refractivity contribution in [3.63, 3.8) is 0 Å². The van der Waals surface area contributed by atoms with Crippen LogP contribution in [0.25, 0.3) is 0 Å². The Hall–Kier alpha value is -2.36. The molecule has 0 amide bonds. The first-order valence-corrected chi connectivity index (χ1v) is 12.4. The molecule has 9 nitrogen and oxygen atoms in total. The van der Waals surface area contributed by atoms with Crippen LogP contribution < -0.4 is 15.4 Å². The van der Waals surface area contributed by atoms with E-state index in [2.05, 4.69) is 10.6 Å². The fraction of sp³-hybridized carbons (Fsp3) is 0.692. The fourth-order valence-electron chi connectivity index (χ4n) is 4.88. The van der Waals surface area contributed by atoms with Gasteiger partial charge < -0.3 is 35.1 Å². The molecule has 0 spiro atoms. The standard InChI is InChI=1S/C26H42N2O7/c1-18(29)6-5-7-21(34-19(2)30)15-24(35-25(32)17-27-3)26(10-12-28-13-11-26)16-20-8-9-22(31)23(14-20)33-4/h8-9,14,18,21,24,27-29,31H,5-7,10-13,15-17H2,1-4H3. The number of likely N-dealkylation sites (N-methyl/N-ethyl adjacent to an activating group) is 1. The van der Waals surface area contributed by atoms with Gasteiger partial charge in [-0.25, -0.2) is 0 Å². The lowest BCUT2D eigenvalue weighted by molar-refractivity contribution is -0.163. The lowest BCUT2D eigenvalue weighted by atomic mass is 9.68. The number of ether oxygens (including phenoxy) is 3. The van der Waals surface area contributed by atoms with Crippen LogP contribution in [0.4, 0.5) is 0 Å². The van der Waals surface area contributed by atoms with Gasteiger partial charge in [0, 0.05) is 18.8 Å². The minimum atomic E-state index is -0.485. The number of methoxy groups -OCH3 is 1. The molecule has 198 valence electrons. The van der Waals surface area contributed by atoms with Gasteiger partial charge >= 0.3 is 11.9 Å². The van der Waals surface area contributed by atoms with Gasteiger partial charge in [-0.1, -0.05) is 6.07 Å². The number of aromatic hydroxyl groups is 1. The van der Waals surface area contributed by atoms with E-state index in [0.717, 1.165) is 31.5 Å². The van der Waals surface area contributed by atoms with Crippen molar-refractivity contribution in [1.82, 2.24) is 10.6 Å². The number of phenols is 1. The monoisotopic (exact) mass is 494 g/mol. The Balaban J connectivity index is 2.37. The van der Waals surface area contributed by atoms with E-state index in [4.69, 9.17) is 14.2 Å². The molecule has 0 saturated carbocycles. The van der Waals surface area contributed by atoms with Crippen LogP contribution in [0.3, 0.4) is 0 Å². The van der Waals surface area contributed by atoms with Crippen LogP contribution in [0.2, 0.25) is 0 Å². The molecule has 0 bridgehead atoms. The van der Waals surface area contributed by atoms with Crippen molar-refractivity contribution in [3.05, 3.63) is 23.8 Å². The number of carbonyl (C=O) groups is 2. The van der Waals surface area contributed by atoms with Crippen LogP contribution in [-0.4, -0.2) is 74.3 Å². The Kier molecular flexibility index (Phi) is 11.8. The van der Waals surface area contributed by atoms with E-state index in [-0.39, 0.29) is 29.6 Å². The molecule has 9 heteroatoms. The van der Waals surface area contributed by atoms with Crippen molar-refractivity contribution in [2.24, 2.45) is 5.41 Å². The molecule has 0 aliphatic carbocycles. The molecule has 1 saturated heterocycles. The molecular formula is C26H42N2O7. The number of aliphatic hydroxyl groups excluding tert-OH is 1. The summed E-state index contributed by atoms with van der Waals surface area (Å²) in [5.74, 6) is -0.272. The van der Waals surface area contributed by atoms with Crippen LogP contribution in [0.1, 0.15) is 57.9 Å². The van der Waals surface area contributed by atoms with Crippen LogP contribution >= 0.6 is 0 Å². The summed E-state index contributed by atoms with van der Waals surface area (Å²) in [6.45, 7) is 4.75. The third kappa shape index (κ3) is 9.31. The highest BCUT2D eigenvalue weighted by molar-refractivity contribution is 5.72. The van der Waals surface area contributed by atoms with Crippen molar-refractivity contribution < 1.29 is 34.0 Å². The van der Waals surface area contributed by atoms with Gasteiger partial charge in [-0.2, -0.15) is 0 Å². The van der Waals surface area contributed by atoms with Gasteiger partial charge in [0.2, 0.25) is 0 Å². The predicted molar refractivity (Wildman–Crippen MR) is 132 cm³/mol. The minimum Gasteiger partial charge on any atom is -0.504 e. The molecule has 2 rings (SSSR count). The smallest absolute Gasteiger partial charge is 0.320 e. The van der Waals surface area contributed by atoms with Crippen LogP contribution in [0.5, 0.6) is 11.5 Å². The Morgan fingerprint density at radius 2 is 1.91 bits per heavy atom. The lowest BCUT2D eigenvalue weighted by Crippen LogP contribution is -2.49. The minimum absolute atomic E-state index is 0.0700. The van der Waals surface area contributed by atoms with E-state index >= 15 is 0 Å². The molecule has 1 aliphatic heterocycles. The summed E-state index contributed by atoms with van der Waals surface area (Å²) < 4.78 is 17.0. The second-order valence-electron chi connectivity index (χ2n) is 9.55. The first-order chi connectivity index (χ1) is 16.7. The molecule has 3 unspecified atom stereocenters. The number of rotatable bonds is 14. The molecule has 1 aliphatic rings. The maximum Gasteiger partial charge on any atom is 0.320 e. The van der Waals surface area contributed by atoms with Gasteiger partial charge in [-0.05, 0) is 83.3 Å². The van der Waals surface area contributed by atoms with E-state index in [9.17, 15) is 19.8 Å². The number of aliphatic hydroxyl groups is 1. The number of piperidine rings is 1. The van der Waals surface area contributed by atoms with Crippen LogP contribution in [-0.2, 0) is 25.5 Å². The Morgan fingerprint density at radius 3 is 2.51 bits per heavy atom. The van der Waals surface area contributed by atoms with E-state index < -0.39 is 18.3 Å². The SMILES string of the molecule is CNCC(=O)OC(CC(CCCC(C)O)OC(C)=O)C1(Cc2ccc(O)c(OC)c2)CCNCC1. The Bertz CT molecular complexity index is 809. The summed E-state index contributed by atoms with van der Waals surface area (Å²) in [6.07, 6.45) is 3.06. The highest BCUT2D eigenvalue weighted by atomic mass is 16.6. The van der Waals surface area contributed by atoms with Gasteiger partial charge in [0.15, 0.2) is 11.5 Å². The van der Waals surface area contributed by atoms with Gasteiger partial charge in [-0.15, -0.1) is 0 Å². The van der Waals surface area contributed by atoms with Crippen molar-refractivity contribution in [2.75, 3.05) is 33.8 Å². The zero-order valence-corrected chi connectivity index (χ0v) is 21.5. The average Bonchev–Trinajstić information content (AvgIpc) is 2.80. The van der Waals surface area contributed by atoms with Crippen molar-refractivity contribution in [1.29, 1.82) is 0 Å². The summed E-state index contributed by atoms with van der Waals surface area (Å²) in [5, 5.41) is 25.9. The first-order valence-electron chi connectivity index (χ1n) is 12.4. The quantitative estimate of drug-likeness (QED) is 0.288. The van der Waals surface area contributed by atoms with Gasteiger partial charge in [0.1, 0.15) is 12.2 Å². The third-order valence-corrected chi connectivity index (χ3v) is 6.64. The topological polar surface area (TPSA) is 126 Å². The summed E-state index contributed by atoms with van der Waals surface area (Å²) in [5.41, 5.74) is 0.577. The molecule has 1 heterocycles. The van der Waals surface area contributed by atoms with Crippen LogP contribution in [0, 0.1) is 5.41 Å². The number of nitrogens with one attached hydrogen (secondary N) is 2. The molecule has 35 heavy (non-hydrogen) atoms. The number of carbonyl (C=O) groups excluding carboxylic acids is 2. The predicted octanol–water partition coefficient (Wildman–Crippen LogP) is 2.32. The zero-order valence-electron chi connectivity index (χ0n) is 21.5. The van der Waals surface area contributed by atoms with Gasteiger partial charge in [-0.3, -0.25) is 9.59 Å².